The summed E-state index contributed by atoms with van der Waals surface area (Å²) in [6.07, 6.45) is 1.75. The van der Waals surface area contributed by atoms with E-state index in [1.165, 1.54) is 0 Å². The van der Waals surface area contributed by atoms with Gasteiger partial charge in [-0.1, -0.05) is 6.92 Å². The number of carbonyl (C=O) groups is 1. The van der Waals surface area contributed by atoms with Gasteiger partial charge in [-0.05, 0) is 6.42 Å². The highest BCUT2D eigenvalue weighted by molar-refractivity contribution is 7.09. The molecule has 0 aromatic carbocycles. The molecule has 78 valence electrons. The Balaban J connectivity index is 2.27. The predicted molar refractivity (Wildman–Crippen MR) is 57.3 cm³/mol. The van der Waals surface area contributed by atoms with Gasteiger partial charge in [0, 0.05) is 18.3 Å². The average molecular weight is 213 g/mol. The number of carbonyl (C=O) groups excluding carboxylic acids is 1. The van der Waals surface area contributed by atoms with Crippen LogP contribution in [0.2, 0.25) is 0 Å². The summed E-state index contributed by atoms with van der Waals surface area (Å²) in [5.74, 6) is -0.115. The zero-order valence-electron chi connectivity index (χ0n) is 8.25. The minimum atomic E-state index is -0.115. The number of aryl methyl sites for hydroxylation is 1. The first-order chi connectivity index (χ1) is 6.76. The summed E-state index contributed by atoms with van der Waals surface area (Å²) in [6.45, 7) is 2.75. The molecule has 0 aliphatic rings. The molecule has 14 heavy (non-hydrogen) atoms. The number of rotatable bonds is 5. The number of thiazole rings is 1. The summed E-state index contributed by atoms with van der Waals surface area (Å²) in [5, 5.41) is 5.89. The van der Waals surface area contributed by atoms with Gasteiger partial charge in [-0.25, -0.2) is 4.98 Å². The van der Waals surface area contributed by atoms with E-state index in [0.717, 1.165) is 23.5 Å². The van der Waals surface area contributed by atoms with Gasteiger partial charge in [0.25, 0.3) is 0 Å². The van der Waals surface area contributed by atoms with Crippen molar-refractivity contribution in [2.45, 2.75) is 19.8 Å². The Kier molecular flexibility index (Phi) is 4.55. The summed E-state index contributed by atoms with van der Waals surface area (Å²) >= 11 is 1.67. The highest BCUT2D eigenvalue weighted by Crippen LogP contribution is 2.09. The molecule has 0 aliphatic carbocycles. The van der Waals surface area contributed by atoms with E-state index in [1.54, 1.807) is 11.3 Å². The maximum Gasteiger partial charge on any atom is 0.233 e. The van der Waals surface area contributed by atoms with E-state index in [0.29, 0.717) is 6.54 Å². The van der Waals surface area contributed by atoms with Crippen molar-refractivity contribution in [3.05, 3.63) is 16.1 Å². The van der Waals surface area contributed by atoms with Gasteiger partial charge >= 0.3 is 0 Å². The molecule has 1 aromatic rings. The van der Waals surface area contributed by atoms with Crippen LogP contribution in [-0.4, -0.2) is 24.0 Å². The molecule has 0 aliphatic heterocycles. The van der Waals surface area contributed by atoms with Gasteiger partial charge in [-0.3, -0.25) is 4.79 Å². The first kappa shape index (κ1) is 11.1. The van der Waals surface area contributed by atoms with E-state index in [4.69, 9.17) is 5.73 Å². The second kappa shape index (κ2) is 5.72. The lowest BCUT2D eigenvalue weighted by atomic mass is 10.3. The lowest BCUT2D eigenvalue weighted by molar-refractivity contribution is -0.119. The summed E-state index contributed by atoms with van der Waals surface area (Å²) < 4.78 is 0. The Morgan fingerprint density at radius 1 is 1.71 bits per heavy atom. The number of nitrogens with two attached hydrogens (primary N) is 1. The quantitative estimate of drug-likeness (QED) is 0.740. The number of hydrogen-bond donors (Lipinski definition) is 2. The van der Waals surface area contributed by atoms with Gasteiger partial charge in [0.05, 0.1) is 17.2 Å². The molecule has 0 bridgehead atoms. The van der Waals surface area contributed by atoms with Gasteiger partial charge < -0.3 is 11.1 Å². The largest absolute Gasteiger partial charge is 0.355 e. The average Bonchev–Trinajstić information content (AvgIpc) is 2.65. The molecular weight excluding hydrogens is 198 g/mol. The molecule has 0 saturated heterocycles. The van der Waals surface area contributed by atoms with Crippen molar-refractivity contribution in [1.29, 1.82) is 0 Å². The fourth-order valence-corrected chi connectivity index (χ4v) is 1.81. The Labute approximate surface area is 87.5 Å². The predicted octanol–water partition coefficient (Wildman–Crippen LogP) is 0.323. The van der Waals surface area contributed by atoms with Gasteiger partial charge in [0.2, 0.25) is 5.91 Å². The van der Waals surface area contributed by atoms with Crippen molar-refractivity contribution in [1.82, 2.24) is 10.3 Å². The number of hydrogen-bond acceptors (Lipinski definition) is 4. The van der Waals surface area contributed by atoms with Crippen LogP contribution in [0.4, 0.5) is 0 Å². The van der Waals surface area contributed by atoms with E-state index in [2.05, 4.69) is 17.2 Å². The number of nitrogens with one attached hydrogen (secondary N) is 1. The highest BCUT2D eigenvalue weighted by Gasteiger charge is 2.01. The molecule has 0 radical (unpaired) electrons. The molecule has 0 saturated carbocycles. The van der Waals surface area contributed by atoms with E-state index in [9.17, 15) is 4.79 Å². The third-order valence-corrected chi connectivity index (χ3v) is 2.83. The summed E-state index contributed by atoms with van der Waals surface area (Å²) in [5.41, 5.74) is 6.20. The topological polar surface area (TPSA) is 68.0 Å². The Hall–Kier alpha value is -0.940. The second-order valence-corrected chi connectivity index (χ2v) is 3.83. The van der Waals surface area contributed by atoms with Crippen LogP contribution < -0.4 is 11.1 Å². The fraction of sp³-hybridized carbons (Fsp3) is 0.556. The van der Waals surface area contributed by atoms with Crippen molar-refractivity contribution in [3.63, 3.8) is 0 Å². The Morgan fingerprint density at radius 2 is 2.50 bits per heavy atom. The number of aromatic nitrogens is 1. The van der Waals surface area contributed by atoms with Gasteiger partial charge in [-0.15, -0.1) is 11.3 Å². The molecule has 1 rings (SSSR count). The first-order valence-electron chi connectivity index (χ1n) is 4.66. The molecule has 4 nitrogen and oxygen atoms in total. The van der Waals surface area contributed by atoms with Crippen LogP contribution in [0.5, 0.6) is 0 Å². The lowest BCUT2D eigenvalue weighted by Crippen LogP contribution is -2.31. The fourth-order valence-electron chi connectivity index (χ4n) is 1.03. The van der Waals surface area contributed by atoms with E-state index < -0.39 is 0 Å². The van der Waals surface area contributed by atoms with Crippen molar-refractivity contribution in [2.24, 2.45) is 5.73 Å². The van der Waals surface area contributed by atoms with Gasteiger partial charge in [0.15, 0.2) is 0 Å². The van der Waals surface area contributed by atoms with Crippen LogP contribution in [0.25, 0.3) is 0 Å². The van der Waals surface area contributed by atoms with Crippen LogP contribution in [-0.2, 0) is 17.6 Å². The SMILES string of the molecule is CCc1nc(CCNC(=O)CN)cs1. The maximum atomic E-state index is 10.8. The molecule has 0 fully saturated rings. The van der Waals surface area contributed by atoms with E-state index in [1.807, 2.05) is 5.38 Å². The number of amides is 1. The first-order valence-corrected chi connectivity index (χ1v) is 5.54. The lowest BCUT2D eigenvalue weighted by Gasteiger charge is -2.00. The molecule has 0 spiro atoms. The molecule has 1 heterocycles. The Morgan fingerprint density at radius 3 is 3.07 bits per heavy atom. The van der Waals surface area contributed by atoms with Gasteiger partial charge in [-0.2, -0.15) is 0 Å². The zero-order valence-corrected chi connectivity index (χ0v) is 9.06. The molecule has 1 aromatic heterocycles. The van der Waals surface area contributed by atoms with E-state index in [-0.39, 0.29) is 12.5 Å². The van der Waals surface area contributed by atoms with Crippen LogP contribution in [0.1, 0.15) is 17.6 Å². The molecule has 0 atom stereocenters. The van der Waals surface area contributed by atoms with E-state index >= 15 is 0 Å². The third kappa shape index (κ3) is 3.43. The monoisotopic (exact) mass is 213 g/mol. The minimum Gasteiger partial charge on any atom is -0.355 e. The molecular formula is C9H15N3OS. The van der Waals surface area contributed by atoms with Crippen molar-refractivity contribution >= 4 is 17.2 Å². The molecule has 1 amide bonds. The zero-order chi connectivity index (χ0) is 10.4. The standard InChI is InChI=1S/C9H15N3OS/c1-2-9-12-7(6-14-9)3-4-11-8(13)5-10/h6H,2-5,10H2,1H3,(H,11,13). The molecule has 3 N–H and O–H groups in total. The third-order valence-electron chi connectivity index (χ3n) is 1.79. The van der Waals surface area contributed by atoms with Crippen molar-refractivity contribution in [2.75, 3.05) is 13.1 Å². The van der Waals surface area contributed by atoms with Crippen LogP contribution in [0, 0.1) is 0 Å². The Bertz CT molecular complexity index is 298. The van der Waals surface area contributed by atoms with Crippen molar-refractivity contribution < 1.29 is 4.79 Å². The summed E-state index contributed by atoms with van der Waals surface area (Å²) in [4.78, 5) is 15.2. The minimum absolute atomic E-state index is 0.0529. The van der Waals surface area contributed by atoms with Crippen LogP contribution in [0.15, 0.2) is 5.38 Å². The van der Waals surface area contributed by atoms with Crippen LogP contribution in [0.3, 0.4) is 0 Å². The van der Waals surface area contributed by atoms with Crippen molar-refractivity contribution in [3.8, 4) is 0 Å². The second-order valence-electron chi connectivity index (χ2n) is 2.89. The number of nitrogens with zero attached hydrogens (tertiary/aromatic N) is 1. The smallest absolute Gasteiger partial charge is 0.233 e. The molecule has 5 heteroatoms. The molecule has 0 unspecified atom stereocenters. The normalized spacial score (nSPS) is 10.1. The summed E-state index contributed by atoms with van der Waals surface area (Å²) in [6, 6.07) is 0. The summed E-state index contributed by atoms with van der Waals surface area (Å²) in [7, 11) is 0. The maximum absolute atomic E-state index is 10.8. The van der Waals surface area contributed by atoms with Gasteiger partial charge in [0.1, 0.15) is 0 Å². The van der Waals surface area contributed by atoms with Crippen LogP contribution >= 0.6 is 11.3 Å². The highest BCUT2D eigenvalue weighted by atomic mass is 32.1.